The standard InChI is InChI=1S/C21H26N4O7S/c1-14-17(9-6-10-18(14)25(28)29)19(26)24-15-7-5-8-16(13-15)33(30,31)23-12-11-22-20(27)32-21(2,3)4/h5-10,13,23H,11-12H2,1-4H3,(H,22,27)(H,24,26). The van der Waals surface area contributed by atoms with Crippen LogP contribution in [-0.4, -0.2) is 44.0 Å². The number of rotatable bonds is 8. The summed E-state index contributed by atoms with van der Waals surface area (Å²) in [6.07, 6.45) is -0.664. The molecule has 2 rings (SSSR count). The molecule has 3 N–H and O–H groups in total. The maximum absolute atomic E-state index is 12.6. The third-order valence-electron chi connectivity index (χ3n) is 4.23. The Balaban J connectivity index is 2.03. The summed E-state index contributed by atoms with van der Waals surface area (Å²) in [6.45, 7) is 6.52. The third kappa shape index (κ3) is 7.54. The number of carbonyl (C=O) groups excluding carboxylic acids is 2. The first-order chi connectivity index (χ1) is 15.3. The number of benzene rings is 2. The lowest BCUT2D eigenvalue weighted by Gasteiger charge is -2.19. The summed E-state index contributed by atoms with van der Waals surface area (Å²) in [6, 6.07) is 9.68. The zero-order chi connectivity index (χ0) is 24.8. The summed E-state index contributed by atoms with van der Waals surface area (Å²) < 4.78 is 32.5. The number of anilines is 1. The predicted octanol–water partition coefficient (Wildman–Crippen LogP) is 2.96. The molecule has 0 unspecified atom stereocenters. The number of nitrogens with zero attached hydrogens (tertiary/aromatic N) is 1. The highest BCUT2D eigenvalue weighted by atomic mass is 32.2. The van der Waals surface area contributed by atoms with Crippen molar-refractivity contribution in [2.75, 3.05) is 18.4 Å². The topological polar surface area (TPSA) is 157 Å². The van der Waals surface area contributed by atoms with Gasteiger partial charge in [-0.1, -0.05) is 12.1 Å². The molecule has 2 aromatic carbocycles. The molecule has 0 saturated carbocycles. The van der Waals surface area contributed by atoms with Gasteiger partial charge in [-0.3, -0.25) is 14.9 Å². The van der Waals surface area contributed by atoms with Crippen molar-refractivity contribution in [1.82, 2.24) is 10.0 Å². The van der Waals surface area contributed by atoms with Gasteiger partial charge in [0.05, 0.1) is 9.82 Å². The van der Waals surface area contributed by atoms with Crippen molar-refractivity contribution in [3.05, 3.63) is 63.7 Å². The summed E-state index contributed by atoms with van der Waals surface area (Å²) in [5, 5.41) is 16.1. The maximum atomic E-state index is 12.6. The Hall–Kier alpha value is -3.51. The zero-order valence-electron chi connectivity index (χ0n) is 18.7. The maximum Gasteiger partial charge on any atom is 0.407 e. The molecule has 33 heavy (non-hydrogen) atoms. The molecule has 0 atom stereocenters. The van der Waals surface area contributed by atoms with Gasteiger partial charge in [-0.05, 0) is 52.0 Å². The number of nitrogens with one attached hydrogen (secondary N) is 3. The summed E-state index contributed by atoms with van der Waals surface area (Å²) in [4.78, 5) is 34.6. The van der Waals surface area contributed by atoms with Crippen molar-refractivity contribution in [2.45, 2.75) is 38.2 Å². The number of nitro groups is 1. The van der Waals surface area contributed by atoms with Crippen molar-refractivity contribution in [3.63, 3.8) is 0 Å². The SMILES string of the molecule is Cc1c(C(=O)Nc2cccc(S(=O)(=O)NCCNC(=O)OC(C)(C)C)c2)cccc1[N+](=O)[O-]. The van der Waals surface area contributed by atoms with E-state index in [4.69, 9.17) is 4.74 Å². The minimum Gasteiger partial charge on any atom is -0.444 e. The van der Waals surface area contributed by atoms with Gasteiger partial charge in [-0.15, -0.1) is 0 Å². The fourth-order valence-electron chi connectivity index (χ4n) is 2.75. The van der Waals surface area contributed by atoms with Crippen molar-refractivity contribution in [3.8, 4) is 0 Å². The fraction of sp³-hybridized carbons (Fsp3) is 0.333. The number of nitro benzene ring substituents is 1. The van der Waals surface area contributed by atoms with Crippen molar-refractivity contribution in [2.24, 2.45) is 0 Å². The Bertz CT molecular complexity index is 1160. The van der Waals surface area contributed by atoms with Crippen LogP contribution >= 0.6 is 0 Å². The number of amides is 2. The number of hydrogen-bond acceptors (Lipinski definition) is 7. The highest BCUT2D eigenvalue weighted by Gasteiger charge is 2.20. The Kier molecular flexibility index (Phi) is 8.12. The van der Waals surface area contributed by atoms with E-state index in [-0.39, 0.29) is 40.5 Å². The van der Waals surface area contributed by atoms with Crippen LogP contribution in [0.5, 0.6) is 0 Å². The number of ether oxygens (including phenoxy) is 1. The van der Waals surface area contributed by atoms with Crippen molar-refractivity contribution < 1.29 is 27.7 Å². The van der Waals surface area contributed by atoms with Crippen LogP contribution < -0.4 is 15.4 Å². The minimum absolute atomic E-state index is 0.0105. The van der Waals surface area contributed by atoms with Crippen LogP contribution in [0.25, 0.3) is 0 Å². The Morgan fingerprint density at radius 2 is 1.76 bits per heavy atom. The van der Waals surface area contributed by atoms with Gasteiger partial charge in [0.1, 0.15) is 5.60 Å². The molecule has 0 aliphatic heterocycles. The molecule has 0 bridgehead atoms. The van der Waals surface area contributed by atoms with Crippen LogP contribution in [0.1, 0.15) is 36.7 Å². The zero-order valence-corrected chi connectivity index (χ0v) is 19.5. The Morgan fingerprint density at radius 1 is 1.09 bits per heavy atom. The molecular formula is C21H26N4O7S. The van der Waals surface area contributed by atoms with Gasteiger partial charge in [-0.2, -0.15) is 0 Å². The molecule has 0 saturated heterocycles. The lowest BCUT2D eigenvalue weighted by atomic mass is 10.1. The van der Waals surface area contributed by atoms with E-state index in [0.29, 0.717) is 0 Å². The van der Waals surface area contributed by atoms with Gasteiger partial charge in [0, 0.05) is 36.0 Å². The Labute approximate surface area is 191 Å². The molecule has 0 radical (unpaired) electrons. The third-order valence-corrected chi connectivity index (χ3v) is 5.69. The number of carbonyl (C=O) groups is 2. The average Bonchev–Trinajstić information content (AvgIpc) is 2.70. The molecule has 0 heterocycles. The van der Waals surface area contributed by atoms with Crippen LogP contribution in [-0.2, 0) is 14.8 Å². The normalized spacial score (nSPS) is 11.5. The summed E-state index contributed by atoms with van der Waals surface area (Å²) >= 11 is 0. The first-order valence-electron chi connectivity index (χ1n) is 9.92. The molecule has 0 spiro atoms. The molecule has 2 amide bonds. The second-order valence-electron chi connectivity index (χ2n) is 8.02. The van der Waals surface area contributed by atoms with Gasteiger partial charge in [0.15, 0.2) is 0 Å². The fourth-order valence-corrected chi connectivity index (χ4v) is 3.83. The van der Waals surface area contributed by atoms with Gasteiger partial charge in [0.25, 0.3) is 11.6 Å². The highest BCUT2D eigenvalue weighted by molar-refractivity contribution is 7.89. The first-order valence-corrected chi connectivity index (χ1v) is 11.4. The van der Waals surface area contributed by atoms with E-state index in [0.717, 1.165) is 0 Å². The van der Waals surface area contributed by atoms with E-state index in [1.807, 2.05) is 0 Å². The molecule has 0 aliphatic rings. The van der Waals surface area contributed by atoms with Gasteiger partial charge < -0.3 is 15.4 Å². The molecular weight excluding hydrogens is 452 g/mol. The van der Waals surface area contributed by atoms with Gasteiger partial charge >= 0.3 is 6.09 Å². The lowest BCUT2D eigenvalue weighted by Crippen LogP contribution is -2.37. The summed E-state index contributed by atoms with van der Waals surface area (Å²) in [5.74, 6) is -0.611. The molecule has 2 aromatic rings. The van der Waals surface area contributed by atoms with E-state index >= 15 is 0 Å². The molecule has 0 aromatic heterocycles. The summed E-state index contributed by atoms with van der Waals surface area (Å²) in [5.41, 5.74) is -0.368. The predicted molar refractivity (Wildman–Crippen MR) is 122 cm³/mol. The Morgan fingerprint density at radius 3 is 2.39 bits per heavy atom. The highest BCUT2D eigenvalue weighted by Crippen LogP contribution is 2.23. The number of sulfonamides is 1. The molecule has 0 aliphatic carbocycles. The van der Waals surface area contributed by atoms with Crippen LogP contribution in [0.2, 0.25) is 0 Å². The van der Waals surface area contributed by atoms with Crippen LogP contribution in [0.15, 0.2) is 47.4 Å². The smallest absolute Gasteiger partial charge is 0.407 e. The quantitative estimate of drug-likeness (QED) is 0.299. The monoisotopic (exact) mass is 478 g/mol. The van der Waals surface area contributed by atoms with E-state index in [1.54, 1.807) is 20.8 Å². The lowest BCUT2D eigenvalue weighted by molar-refractivity contribution is -0.385. The van der Waals surface area contributed by atoms with Crippen molar-refractivity contribution in [1.29, 1.82) is 0 Å². The van der Waals surface area contributed by atoms with Crippen LogP contribution in [0.3, 0.4) is 0 Å². The van der Waals surface area contributed by atoms with Gasteiger partial charge in [-0.25, -0.2) is 17.9 Å². The number of alkyl carbamates (subject to hydrolysis) is 1. The molecule has 178 valence electrons. The largest absolute Gasteiger partial charge is 0.444 e. The molecule has 11 nitrogen and oxygen atoms in total. The first kappa shape index (κ1) is 25.7. The van der Waals surface area contributed by atoms with Crippen molar-refractivity contribution >= 4 is 33.4 Å². The summed E-state index contributed by atoms with van der Waals surface area (Å²) in [7, 11) is -3.93. The van der Waals surface area contributed by atoms with Crippen LogP contribution in [0, 0.1) is 17.0 Å². The number of hydrogen-bond donors (Lipinski definition) is 3. The van der Waals surface area contributed by atoms with Crippen LogP contribution in [0.4, 0.5) is 16.2 Å². The second-order valence-corrected chi connectivity index (χ2v) is 9.78. The van der Waals surface area contributed by atoms with E-state index in [9.17, 15) is 28.1 Å². The van der Waals surface area contributed by atoms with E-state index in [1.165, 1.54) is 49.4 Å². The minimum atomic E-state index is -3.93. The second kappa shape index (κ2) is 10.4. The average molecular weight is 479 g/mol. The van der Waals surface area contributed by atoms with E-state index < -0.39 is 32.5 Å². The molecule has 0 fully saturated rings. The van der Waals surface area contributed by atoms with Gasteiger partial charge in [0.2, 0.25) is 10.0 Å². The van der Waals surface area contributed by atoms with E-state index in [2.05, 4.69) is 15.4 Å². The molecule has 12 heteroatoms.